The van der Waals surface area contributed by atoms with Gasteiger partial charge in [-0.2, -0.15) is 0 Å². The van der Waals surface area contributed by atoms with E-state index in [2.05, 4.69) is 141 Å². The molecule has 7 aromatic rings. The number of thiophene rings is 2. The molecule has 2 aromatic heterocycles. The van der Waals surface area contributed by atoms with Crippen molar-refractivity contribution in [1.29, 1.82) is 0 Å². The Morgan fingerprint density at radius 3 is 1.61 bits per heavy atom. The molecular formula is C38H42O2S2Si2. The molecule has 2 heterocycles. The molecule has 0 aliphatic rings. The molecular weight excluding hydrogens is 609 g/mol. The number of fused-ring (bicyclic) bond motifs is 11. The highest BCUT2D eigenvalue weighted by Crippen LogP contribution is 2.50. The summed E-state index contributed by atoms with van der Waals surface area (Å²) in [7, 11) is -4.00. The summed E-state index contributed by atoms with van der Waals surface area (Å²) in [6.45, 7) is 23.2. The molecule has 0 fully saturated rings. The fourth-order valence-corrected chi connectivity index (χ4v) is 10.1. The van der Waals surface area contributed by atoms with Gasteiger partial charge in [0.25, 0.3) is 8.32 Å². The van der Waals surface area contributed by atoms with Crippen molar-refractivity contribution in [1.82, 2.24) is 0 Å². The Balaban J connectivity index is 1.54. The zero-order valence-electron chi connectivity index (χ0n) is 27.6. The maximum atomic E-state index is 7.07. The average molecular weight is 651 g/mol. The van der Waals surface area contributed by atoms with Crippen molar-refractivity contribution < 1.29 is 8.85 Å². The molecule has 44 heavy (non-hydrogen) atoms. The summed E-state index contributed by atoms with van der Waals surface area (Å²) in [5, 5.41) is 10.7. The van der Waals surface area contributed by atoms with Crippen LogP contribution in [0.3, 0.4) is 0 Å². The van der Waals surface area contributed by atoms with E-state index in [0.717, 1.165) is 11.5 Å². The number of benzene rings is 5. The summed E-state index contributed by atoms with van der Waals surface area (Å²) < 4.78 is 19.1. The second-order valence-electron chi connectivity index (χ2n) is 15.4. The van der Waals surface area contributed by atoms with Crippen molar-refractivity contribution >= 4 is 101 Å². The van der Waals surface area contributed by atoms with Crippen LogP contribution in [0.15, 0.2) is 72.8 Å². The maximum absolute atomic E-state index is 7.07. The van der Waals surface area contributed by atoms with Crippen LogP contribution in [-0.2, 0) is 0 Å². The van der Waals surface area contributed by atoms with Gasteiger partial charge in [-0.3, -0.25) is 0 Å². The van der Waals surface area contributed by atoms with E-state index in [-0.39, 0.29) is 10.1 Å². The van der Waals surface area contributed by atoms with Crippen molar-refractivity contribution in [3.63, 3.8) is 0 Å². The van der Waals surface area contributed by atoms with Crippen LogP contribution in [0.2, 0.25) is 36.3 Å². The van der Waals surface area contributed by atoms with Gasteiger partial charge in [-0.15, -0.1) is 22.7 Å². The Bertz CT molecular complexity index is 2260. The van der Waals surface area contributed by atoms with E-state index >= 15 is 0 Å². The average Bonchev–Trinajstić information content (AvgIpc) is 3.49. The van der Waals surface area contributed by atoms with Crippen molar-refractivity contribution in [2.75, 3.05) is 0 Å². The first-order valence-corrected chi connectivity index (χ1v) is 23.0. The maximum Gasteiger partial charge on any atom is 0.250 e. The van der Waals surface area contributed by atoms with E-state index in [0.29, 0.717) is 0 Å². The van der Waals surface area contributed by atoms with Crippen LogP contribution in [0.1, 0.15) is 41.5 Å². The predicted octanol–water partition coefficient (Wildman–Crippen LogP) is 13.5. The summed E-state index contributed by atoms with van der Waals surface area (Å²) >= 11 is 3.80. The van der Waals surface area contributed by atoms with Crippen LogP contribution in [-0.4, -0.2) is 16.6 Å². The molecule has 0 amide bonds. The van der Waals surface area contributed by atoms with Gasteiger partial charge < -0.3 is 8.85 Å². The first-order chi connectivity index (χ1) is 20.6. The van der Waals surface area contributed by atoms with Gasteiger partial charge in [-0.1, -0.05) is 71.9 Å². The summed E-state index contributed by atoms with van der Waals surface area (Å²) in [5.74, 6) is 2.00. The van der Waals surface area contributed by atoms with Gasteiger partial charge in [0, 0.05) is 45.7 Å². The Morgan fingerprint density at radius 1 is 0.500 bits per heavy atom. The molecule has 0 N–H and O–H groups in total. The molecule has 0 unspecified atom stereocenters. The molecule has 7 rings (SSSR count). The SMILES string of the molecule is CC(C)(C)[Si](C)(C)Oc1ccc2c(ccc3sc4ccc5sc6ccc7cccc(O[Si](C)(C)C(C)(C)C)c7c6c5c4c32)c1. The lowest BCUT2D eigenvalue weighted by Crippen LogP contribution is -2.43. The summed E-state index contributed by atoms with van der Waals surface area (Å²) in [6.07, 6.45) is 0. The largest absolute Gasteiger partial charge is 0.543 e. The lowest BCUT2D eigenvalue weighted by atomic mass is 9.98. The Kier molecular flexibility index (Phi) is 6.63. The molecule has 0 aliphatic carbocycles. The Hall–Kier alpha value is -2.91. The van der Waals surface area contributed by atoms with Crippen molar-refractivity contribution in [3.05, 3.63) is 72.8 Å². The number of hydrogen-bond donors (Lipinski definition) is 0. The quantitative estimate of drug-likeness (QED) is 0.176. The zero-order chi connectivity index (χ0) is 31.4. The van der Waals surface area contributed by atoms with Gasteiger partial charge in [0.1, 0.15) is 11.5 Å². The van der Waals surface area contributed by atoms with Crippen LogP contribution >= 0.6 is 22.7 Å². The first kappa shape index (κ1) is 29.8. The second kappa shape index (κ2) is 9.80. The van der Waals surface area contributed by atoms with Crippen LogP contribution < -0.4 is 8.85 Å². The summed E-state index contributed by atoms with van der Waals surface area (Å²) in [6, 6.07) is 27.1. The fraction of sp³-hybridized carbons (Fsp3) is 0.316. The van der Waals surface area contributed by atoms with E-state index in [1.807, 2.05) is 22.7 Å². The van der Waals surface area contributed by atoms with E-state index in [9.17, 15) is 0 Å². The van der Waals surface area contributed by atoms with Gasteiger partial charge in [-0.05, 0) is 94.9 Å². The molecule has 6 heteroatoms. The number of hydrogen-bond acceptors (Lipinski definition) is 4. The minimum Gasteiger partial charge on any atom is -0.543 e. The van der Waals surface area contributed by atoms with Crippen LogP contribution in [0.4, 0.5) is 0 Å². The lowest BCUT2D eigenvalue weighted by molar-refractivity contribution is 0.493. The minimum atomic E-state index is -2.06. The summed E-state index contributed by atoms with van der Waals surface area (Å²) in [5.41, 5.74) is 0. The third-order valence-electron chi connectivity index (χ3n) is 10.3. The van der Waals surface area contributed by atoms with Gasteiger partial charge >= 0.3 is 0 Å². The molecule has 226 valence electrons. The molecule has 0 saturated carbocycles. The highest BCUT2D eigenvalue weighted by atomic mass is 32.1. The third kappa shape index (κ3) is 4.60. The van der Waals surface area contributed by atoms with Crippen LogP contribution in [0.25, 0.3) is 61.9 Å². The molecule has 0 saturated heterocycles. The molecule has 2 nitrogen and oxygen atoms in total. The Morgan fingerprint density at radius 2 is 1.00 bits per heavy atom. The summed E-state index contributed by atoms with van der Waals surface area (Å²) in [4.78, 5) is 0. The minimum absolute atomic E-state index is 0.114. The first-order valence-electron chi connectivity index (χ1n) is 15.6. The van der Waals surface area contributed by atoms with E-state index in [1.165, 1.54) is 61.9 Å². The van der Waals surface area contributed by atoms with Crippen molar-refractivity contribution in [2.24, 2.45) is 0 Å². The van der Waals surface area contributed by atoms with Crippen LogP contribution in [0, 0.1) is 0 Å². The van der Waals surface area contributed by atoms with E-state index < -0.39 is 16.6 Å². The molecule has 0 spiro atoms. The normalized spacial score (nSPS) is 13.7. The van der Waals surface area contributed by atoms with Crippen molar-refractivity contribution in [2.45, 2.75) is 77.8 Å². The van der Waals surface area contributed by atoms with Gasteiger partial charge in [0.05, 0.1) is 0 Å². The zero-order valence-corrected chi connectivity index (χ0v) is 31.2. The second-order valence-corrected chi connectivity index (χ2v) is 27.0. The monoisotopic (exact) mass is 650 g/mol. The predicted molar refractivity (Wildman–Crippen MR) is 203 cm³/mol. The number of rotatable bonds is 4. The topological polar surface area (TPSA) is 18.5 Å². The highest BCUT2D eigenvalue weighted by Gasteiger charge is 2.40. The van der Waals surface area contributed by atoms with Gasteiger partial charge in [0.2, 0.25) is 8.32 Å². The smallest absolute Gasteiger partial charge is 0.250 e. The molecule has 0 bridgehead atoms. The molecule has 0 atom stereocenters. The van der Waals surface area contributed by atoms with Gasteiger partial charge in [0.15, 0.2) is 0 Å². The molecule has 5 aromatic carbocycles. The third-order valence-corrected chi connectivity index (χ3v) is 21.3. The Labute approximate surface area is 270 Å². The molecule has 0 radical (unpaired) electrons. The van der Waals surface area contributed by atoms with E-state index in [4.69, 9.17) is 8.85 Å². The highest BCUT2D eigenvalue weighted by molar-refractivity contribution is 7.28. The van der Waals surface area contributed by atoms with E-state index in [1.54, 1.807) is 0 Å². The van der Waals surface area contributed by atoms with Crippen molar-refractivity contribution in [3.8, 4) is 11.5 Å². The fourth-order valence-electron chi connectivity index (χ4n) is 5.78. The molecule has 0 aliphatic heterocycles. The van der Waals surface area contributed by atoms with Gasteiger partial charge in [-0.25, -0.2) is 0 Å². The van der Waals surface area contributed by atoms with Crippen LogP contribution in [0.5, 0.6) is 11.5 Å². The standard InChI is InChI=1S/C38H42O2S2Si2/c1-37(2,3)43(7,8)39-25-16-17-26-24(22-25)15-19-28-33(26)35-30(41-28)20-21-31-36(35)34-29(42-31)18-14-23-12-11-13-27(32(23)34)40-44(9,10)38(4,5)6/h11-22H,1-10H3. The lowest BCUT2D eigenvalue weighted by Gasteiger charge is -2.36.